The molecular weight excluding hydrogens is 326 g/mol. The average molecular weight is 339 g/mol. The van der Waals surface area contributed by atoms with Gasteiger partial charge in [0, 0.05) is 12.6 Å². The minimum Gasteiger partial charge on any atom is -0.324 e. The minimum absolute atomic E-state index is 0.144. The Hall–Kier alpha value is -1.80. The molecule has 0 aromatic heterocycles. The number of nitro groups is 1. The van der Waals surface area contributed by atoms with Crippen molar-refractivity contribution in [3.63, 3.8) is 0 Å². The summed E-state index contributed by atoms with van der Waals surface area (Å²) >= 11 is 0. The third-order valence-corrected chi connectivity index (χ3v) is 4.57. The molecular formula is C8H13N5O6S2. The van der Waals surface area contributed by atoms with E-state index in [1.165, 1.54) is 6.07 Å². The van der Waals surface area contributed by atoms with Crippen LogP contribution in [0.1, 0.15) is 0 Å². The SMILES string of the molecule is NNc1ccc(S(=O)(=O)NCCS(N)(=O)=O)c([N+](=O)[O-])c1. The molecule has 0 saturated carbocycles. The van der Waals surface area contributed by atoms with E-state index in [0.29, 0.717) is 0 Å². The molecule has 1 aromatic rings. The van der Waals surface area contributed by atoms with Gasteiger partial charge in [-0.1, -0.05) is 0 Å². The van der Waals surface area contributed by atoms with Gasteiger partial charge in [-0.05, 0) is 12.1 Å². The van der Waals surface area contributed by atoms with Crippen LogP contribution in [0.15, 0.2) is 23.1 Å². The highest BCUT2D eigenvalue weighted by atomic mass is 32.2. The van der Waals surface area contributed by atoms with E-state index in [-0.39, 0.29) is 5.69 Å². The number of nitrogen functional groups attached to an aromatic ring is 1. The average Bonchev–Trinajstić information content (AvgIpc) is 2.36. The van der Waals surface area contributed by atoms with Crippen molar-refractivity contribution in [1.82, 2.24) is 4.72 Å². The molecule has 0 saturated heterocycles. The van der Waals surface area contributed by atoms with E-state index >= 15 is 0 Å². The molecule has 0 aliphatic carbocycles. The fraction of sp³-hybridized carbons (Fsp3) is 0.250. The third kappa shape index (κ3) is 4.91. The minimum atomic E-state index is -4.26. The number of sulfonamides is 2. The molecule has 0 spiro atoms. The summed E-state index contributed by atoms with van der Waals surface area (Å²) in [6.45, 7) is -0.505. The lowest BCUT2D eigenvalue weighted by atomic mass is 10.3. The van der Waals surface area contributed by atoms with Gasteiger partial charge in [-0.3, -0.25) is 16.0 Å². The number of nitro benzene ring substituents is 1. The van der Waals surface area contributed by atoms with E-state index < -0.39 is 47.9 Å². The fourth-order valence-electron chi connectivity index (χ4n) is 1.37. The number of nitrogens with one attached hydrogen (secondary N) is 2. The number of rotatable bonds is 7. The third-order valence-electron chi connectivity index (χ3n) is 2.29. The molecule has 0 unspecified atom stereocenters. The summed E-state index contributed by atoms with van der Waals surface area (Å²) in [5, 5.41) is 15.6. The first-order valence-electron chi connectivity index (χ1n) is 5.32. The van der Waals surface area contributed by atoms with Crippen LogP contribution in [-0.2, 0) is 20.0 Å². The highest BCUT2D eigenvalue weighted by molar-refractivity contribution is 7.90. The van der Waals surface area contributed by atoms with Gasteiger partial charge in [-0.25, -0.2) is 26.7 Å². The van der Waals surface area contributed by atoms with Crippen LogP contribution in [0.25, 0.3) is 0 Å². The van der Waals surface area contributed by atoms with Crippen molar-refractivity contribution in [2.24, 2.45) is 11.0 Å². The number of nitrogens with two attached hydrogens (primary N) is 2. The van der Waals surface area contributed by atoms with Crippen LogP contribution in [0.5, 0.6) is 0 Å². The maximum atomic E-state index is 11.9. The monoisotopic (exact) mass is 339 g/mol. The summed E-state index contributed by atoms with van der Waals surface area (Å²) in [4.78, 5) is 9.39. The predicted molar refractivity (Wildman–Crippen MR) is 74.1 cm³/mol. The molecule has 11 nitrogen and oxygen atoms in total. The van der Waals surface area contributed by atoms with Gasteiger partial charge in [0.15, 0.2) is 4.90 Å². The first kappa shape index (κ1) is 17.3. The molecule has 0 aliphatic rings. The zero-order valence-corrected chi connectivity index (χ0v) is 12.1. The summed E-state index contributed by atoms with van der Waals surface area (Å²) in [5.41, 5.74) is 1.59. The molecule has 0 amide bonds. The molecule has 21 heavy (non-hydrogen) atoms. The lowest BCUT2D eigenvalue weighted by Gasteiger charge is -2.08. The second-order valence-electron chi connectivity index (χ2n) is 3.85. The smallest absolute Gasteiger partial charge is 0.291 e. The van der Waals surface area contributed by atoms with E-state index in [1.54, 1.807) is 0 Å². The standard InChI is InChI=1S/C8H13N5O6S2/c9-12-6-1-2-8(7(5-6)13(14)15)21(18,19)11-3-4-20(10,16)17/h1-2,5,11-12H,3-4,9H2,(H2,10,16,17). The second-order valence-corrected chi connectivity index (χ2v) is 7.32. The van der Waals surface area contributed by atoms with Gasteiger partial charge >= 0.3 is 0 Å². The molecule has 0 fully saturated rings. The second kappa shape index (κ2) is 6.31. The molecule has 0 bridgehead atoms. The Labute approximate surface area is 120 Å². The van der Waals surface area contributed by atoms with E-state index in [2.05, 4.69) is 5.43 Å². The summed E-state index contributed by atoms with van der Waals surface area (Å²) in [5.74, 6) is 4.45. The van der Waals surface area contributed by atoms with Gasteiger partial charge in [0.25, 0.3) is 5.69 Å². The Balaban J connectivity index is 3.10. The Morgan fingerprint density at radius 2 is 1.86 bits per heavy atom. The van der Waals surface area contributed by atoms with Crippen LogP contribution in [-0.4, -0.2) is 34.1 Å². The topological polar surface area (TPSA) is 188 Å². The van der Waals surface area contributed by atoms with Crippen LogP contribution in [0.3, 0.4) is 0 Å². The largest absolute Gasteiger partial charge is 0.324 e. The maximum absolute atomic E-state index is 11.9. The predicted octanol–water partition coefficient (Wildman–Crippen LogP) is -1.55. The summed E-state index contributed by atoms with van der Waals surface area (Å²) in [6, 6.07) is 3.14. The van der Waals surface area contributed by atoms with E-state index in [4.69, 9.17) is 11.0 Å². The van der Waals surface area contributed by atoms with Gasteiger partial charge < -0.3 is 5.43 Å². The molecule has 6 N–H and O–H groups in total. The van der Waals surface area contributed by atoms with Crippen LogP contribution in [0.4, 0.5) is 11.4 Å². The van der Waals surface area contributed by atoms with Gasteiger partial charge in [-0.15, -0.1) is 0 Å². The maximum Gasteiger partial charge on any atom is 0.291 e. The number of benzene rings is 1. The number of hydrogen-bond donors (Lipinski definition) is 4. The van der Waals surface area contributed by atoms with Crippen molar-refractivity contribution >= 4 is 31.4 Å². The van der Waals surface area contributed by atoms with Crippen molar-refractivity contribution in [3.05, 3.63) is 28.3 Å². The number of hydrogen-bond acceptors (Lipinski definition) is 8. The fourth-order valence-corrected chi connectivity index (χ4v) is 3.07. The molecule has 1 rings (SSSR count). The molecule has 1 aromatic carbocycles. The Morgan fingerprint density at radius 1 is 1.24 bits per heavy atom. The molecule has 0 aliphatic heterocycles. The van der Waals surface area contributed by atoms with Crippen molar-refractivity contribution in [2.45, 2.75) is 4.90 Å². The van der Waals surface area contributed by atoms with Crippen LogP contribution >= 0.6 is 0 Å². The molecule has 13 heteroatoms. The van der Waals surface area contributed by atoms with Crippen molar-refractivity contribution in [3.8, 4) is 0 Å². The molecule has 118 valence electrons. The zero-order valence-electron chi connectivity index (χ0n) is 10.5. The van der Waals surface area contributed by atoms with E-state index in [9.17, 15) is 26.9 Å². The van der Waals surface area contributed by atoms with Gasteiger partial charge in [-0.2, -0.15) is 0 Å². The summed E-state index contributed by atoms with van der Waals surface area (Å²) in [6.07, 6.45) is 0. The number of anilines is 1. The van der Waals surface area contributed by atoms with Crippen molar-refractivity contribution in [1.29, 1.82) is 0 Å². The first-order valence-corrected chi connectivity index (χ1v) is 8.52. The quantitative estimate of drug-likeness (QED) is 0.261. The van der Waals surface area contributed by atoms with Gasteiger partial charge in [0.05, 0.1) is 16.4 Å². The van der Waals surface area contributed by atoms with Crippen molar-refractivity contribution in [2.75, 3.05) is 17.7 Å². The van der Waals surface area contributed by atoms with Crippen LogP contribution < -0.4 is 21.1 Å². The molecule has 0 heterocycles. The lowest BCUT2D eigenvalue weighted by Crippen LogP contribution is -2.31. The van der Waals surface area contributed by atoms with Gasteiger partial charge in [0.1, 0.15) is 0 Å². The lowest BCUT2D eigenvalue weighted by molar-refractivity contribution is -0.387. The number of primary sulfonamides is 1. The van der Waals surface area contributed by atoms with Crippen LogP contribution in [0.2, 0.25) is 0 Å². The highest BCUT2D eigenvalue weighted by Crippen LogP contribution is 2.26. The first-order chi connectivity index (χ1) is 9.57. The Bertz CT molecular complexity index is 744. The Kier molecular flexibility index (Phi) is 5.19. The van der Waals surface area contributed by atoms with Crippen LogP contribution in [0, 0.1) is 10.1 Å². The summed E-state index contributed by atoms with van der Waals surface area (Å²) in [7, 11) is -8.12. The van der Waals surface area contributed by atoms with Gasteiger partial charge in [0.2, 0.25) is 20.0 Å². The molecule has 0 radical (unpaired) electrons. The zero-order chi connectivity index (χ0) is 16.3. The van der Waals surface area contributed by atoms with E-state index in [0.717, 1.165) is 12.1 Å². The normalized spacial score (nSPS) is 12.1. The molecule has 0 atom stereocenters. The van der Waals surface area contributed by atoms with Crippen molar-refractivity contribution < 1.29 is 21.8 Å². The summed E-state index contributed by atoms with van der Waals surface area (Å²) < 4.78 is 47.3. The Morgan fingerprint density at radius 3 is 2.33 bits per heavy atom. The highest BCUT2D eigenvalue weighted by Gasteiger charge is 2.26. The number of hydrazine groups is 1. The van der Waals surface area contributed by atoms with E-state index in [1.807, 2.05) is 4.72 Å². The number of nitrogens with zero attached hydrogens (tertiary/aromatic N) is 1.